The van der Waals surface area contributed by atoms with Crippen LogP contribution in [0.25, 0.3) is 0 Å². The molecular weight excluding hydrogens is 240 g/mol. The molecule has 19 heavy (non-hydrogen) atoms. The second-order valence-corrected chi connectivity index (χ2v) is 4.12. The average molecular weight is 256 g/mol. The lowest BCUT2D eigenvalue weighted by Gasteiger charge is -2.20. The maximum atomic E-state index is 12.3. The highest BCUT2D eigenvalue weighted by molar-refractivity contribution is 5.93. The number of nitrogens with zero attached hydrogens (tertiary/aromatic N) is 3. The molecule has 1 amide bonds. The molecule has 0 aliphatic rings. The Morgan fingerprint density at radius 1 is 1.26 bits per heavy atom. The molecule has 0 aliphatic heterocycles. The normalized spacial score (nSPS) is 10.2. The van der Waals surface area contributed by atoms with E-state index in [1.165, 1.54) is 0 Å². The van der Waals surface area contributed by atoms with Gasteiger partial charge in [0.1, 0.15) is 5.82 Å². The second-order valence-electron chi connectivity index (χ2n) is 4.12. The molecule has 0 aliphatic carbocycles. The molecule has 5 nitrogen and oxygen atoms in total. The first-order valence-electron chi connectivity index (χ1n) is 6.11. The lowest BCUT2D eigenvalue weighted by molar-refractivity contribution is -0.118. The third-order valence-corrected chi connectivity index (χ3v) is 2.77. The van der Waals surface area contributed by atoms with Gasteiger partial charge in [-0.05, 0) is 36.8 Å². The van der Waals surface area contributed by atoms with E-state index < -0.39 is 0 Å². The van der Waals surface area contributed by atoms with Gasteiger partial charge in [0, 0.05) is 18.9 Å². The topological polar surface area (TPSA) is 72.1 Å². The summed E-state index contributed by atoms with van der Waals surface area (Å²) < 4.78 is 0. The van der Waals surface area contributed by atoms with Gasteiger partial charge in [0.25, 0.3) is 0 Å². The Morgan fingerprint density at radius 3 is 2.58 bits per heavy atom. The van der Waals surface area contributed by atoms with Crippen molar-refractivity contribution >= 4 is 17.4 Å². The summed E-state index contributed by atoms with van der Waals surface area (Å²) in [5, 5.41) is 0. The summed E-state index contributed by atoms with van der Waals surface area (Å²) in [6.45, 7) is 2.49. The Hall–Kier alpha value is -2.43. The van der Waals surface area contributed by atoms with E-state index in [9.17, 15) is 4.79 Å². The second kappa shape index (κ2) is 5.95. The molecule has 0 saturated heterocycles. The zero-order chi connectivity index (χ0) is 13.7. The van der Waals surface area contributed by atoms with Gasteiger partial charge in [0.15, 0.2) is 0 Å². The summed E-state index contributed by atoms with van der Waals surface area (Å²) >= 11 is 0. The number of carbonyl (C=O) groups is 1. The van der Waals surface area contributed by atoms with Crippen LogP contribution in [0.1, 0.15) is 12.5 Å². The molecule has 2 N–H and O–H groups in total. The van der Waals surface area contributed by atoms with Crippen LogP contribution >= 0.6 is 0 Å². The Kier molecular flexibility index (Phi) is 4.07. The summed E-state index contributed by atoms with van der Waals surface area (Å²) in [5.74, 6) is 0.627. The van der Waals surface area contributed by atoms with E-state index in [0.29, 0.717) is 24.5 Å². The number of rotatable bonds is 4. The van der Waals surface area contributed by atoms with Gasteiger partial charge in [-0.1, -0.05) is 0 Å². The summed E-state index contributed by atoms with van der Waals surface area (Å²) in [5.41, 5.74) is 7.12. The minimum absolute atomic E-state index is 0.00553. The van der Waals surface area contributed by atoms with E-state index in [1.807, 2.05) is 19.1 Å². The van der Waals surface area contributed by atoms with Gasteiger partial charge in [-0.3, -0.25) is 14.7 Å². The highest BCUT2D eigenvalue weighted by atomic mass is 16.2. The fourth-order valence-corrected chi connectivity index (χ4v) is 1.79. The van der Waals surface area contributed by atoms with Gasteiger partial charge >= 0.3 is 0 Å². The molecule has 2 heterocycles. The monoisotopic (exact) mass is 256 g/mol. The van der Waals surface area contributed by atoms with Crippen LogP contribution in [-0.2, 0) is 11.2 Å². The summed E-state index contributed by atoms with van der Waals surface area (Å²) in [6, 6.07) is 7.16. The van der Waals surface area contributed by atoms with Crippen molar-refractivity contribution in [3.8, 4) is 0 Å². The van der Waals surface area contributed by atoms with Gasteiger partial charge in [0.05, 0.1) is 18.3 Å². The van der Waals surface area contributed by atoms with Gasteiger partial charge < -0.3 is 5.73 Å². The fourth-order valence-electron chi connectivity index (χ4n) is 1.79. The smallest absolute Gasteiger partial charge is 0.232 e. The zero-order valence-corrected chi connectivity index (χ0v) is 10.8. The maximum absolute atomic E-state index is 12.3. The predicted molar refractivity (Wildman–Crippen MR) is 74.6 cm³/mol. The first-order chi connectivity index (χ1) is 9.20. The number of hydrogen-bond donors (Lipinski definition) is 1. The SMILES string of the molecule is CCN(C(=O)Cc1ccncc1)c1ccc(N)cn1. The van der Waals surface area contributed by atoms with Crippen molar-refractivity contribution in [2.45, 2.75) is 13.3 Å². The average Bonchev–Trinajstić information content (AvgIpc) is 2.43. The number of aromatic nitrogens is 2. The molecule has 0 radical (unpaired) electrons. The Morgan fingerprint density at radius 2 is 2.00 bits per heavy atom. The van der Waals surface area contributed by atoms with Crippen molar-refractivity contribution in [3.05, 3.63) is 48.4 Å². The van der Waals surface area contributed by atoms with Crippen LogP contribution in [0.15, 0.2) is 42.9 Å². The van der Waals surface area contributed by atoms with E-state index in [2.05, 4.69) is 9.97 Å². The Balaban J connectivity index is 2.13. The van der Waals surface area contributed by atoms with E-state index >= 15 is 0 Å². The Bertz CT molecular complexity index is 539. The molecule has 0 aromatic carbocycles. The van der Waals surface area contributed by atoms with Crippen LogP contribution < -0.4 is 10.6 Å². The number of nitrogen functional groups attached to an aromatic ring is 1. The van der Waals surface area contributed by atoms with Crippen LogP contribution in [0.3, 0.4) is 0 Å². The third kappa shape index (κ3) is 3.28. The van der Waals surface area contributed by atoms with Crippen molar-refractivity contribution in [1.29, 1.82) is 0 Å². The molecule has 98 valence electrons. The largest absolute Gasteiger partial charge is 0.397 e. The van der Waals surface area contributed by atoms with Gasteiger partial charge in [-0.15, -0.1) is 0 Å². The highest BCUT2D eigenvalue weighted by Gasteiger charge is 2.15. The molecule has 0 saturated carbocycles. The number of anilines is 2. The van der Waals surface area contributed by atoms with Crippen LogP contribution in [0.2, 0.25) is 0 Å². The summed E-state index contributed by atoms with van der Waals surface area (Å²) in [4.78, 5) is 22.0. The van der Waals surface area contributed by atoms with Crippen LogP contribution in [0.4, 0.5) is 11.5 Å². The molecule has 0 bridgehead atoms. The zero-order valence-electron chi connectivity index (χ0n) is 10.8. The molecule has 2 aromatic heterocycles. The first kappa shape index (κ1) is 13.0. The number of carbonyl (C=O) groups excluding carboxylic acids is 1. The molecule has 2 aromatic rings. The molecule has 0 atom stereocenters. The van der Waals surface area contributed by atoms with Crippen LogP contribution in [0, 0.1) is 0 Å². The van der Waals surface area contributed by atoms with Crippen molar-refractivity contribution in [2.24, 2.45) is 0 Å². The molecule has 2 rings (SSSR count). The van der Waals surface area contributed by atoms with Crippen molar-refractivity contribution in [3.63, 3.8) is 0 Å². The fraction of sp³-hybridized carbons (Fsp3) is 0.214. The lowest BCUT2D eigenvalue weighted by atomic mass is 10.2. The predicted octanol–water partition coefficient (Wildman–Crippen LogP) is 1.65. The molecule has 5 heteroatoms. The first-order valence-corrected chi connectivity index (χ1v) is 6.11. The quantitative estimate of drug-likeness (QED) is 0.902. The van der Waals surface area contributed by atoms with E-state index in [1.54, 1.807) is 35.6 Å². The minimum Gasteiger partial charge on any atom is -0.397 e. The van der Waals surface area contributed by atoms with Gasteiger partial charge in [-0.2, -0.15) is 0 Å². The van der Waals surface area contributed by atoms with E-state index in [0.717, 1.165) is 5.56 Å². The van der Waals surface area contributed by atoms with Crippen molar-refractivity contribution in [1.82, 2.24) is 9.97 Å². The summed E-state index contributed by atoms with van der Waals surface area (Å²) in [7, 11) is 0. The van der Waals surface area contributed by atoms with Gasteiger partial charge in [-0.25, -0.2) is 4.98 Å². The summed E-state index contributed by atoms with van der Waals surface area (Å²) in [6.07, 6.45) is 5.25. The minimum atomic E-state index is 0.00553. The third-order valence-electron chi connectivity index (χ3n) is 2.77. The van der Waals surface area contributed by atoms with Crippen molar-refractivity contribution in [2.75, 3.05) is 17.2 Å². The van der Waals surface area contributed by atoms with Crippen LogP contribution in [0.5, 0.6) is 0 Å². The molecule has 0 fully saturated rings. The number of pyridine rings is 2. The standard InChI is InChI=1S/C14H16N4O/c1-2-18(13-4-3-12(15)10-17-13)14(19)9-11-5-7-16-8-6-11/h3-8,10H,2,9,15H2,1H3. The maximum Gasteiger partial charge on any atom is 0.232 e. The van der Waals surface area contributed by atoms with Gasteiger partial charge in [0.2, 0.25) is 5.91 Å². The number of hydrogen-bond acceptors (Lipinski definition) is 4. The van der Waals surface area contributed by atoms with Crippen molar-refractivity contribution < 1.29 is 4.79 Å². The van der Waals surface area contributed by atoms with Crippen LogP contribution in [-0.4, -0.2) is 22.4 Å². The number of nitrogens with two attached hydrogens (primary N) is 1. The molecule has 0 unspecified atom stereocenters. The number of likely N-dealkylation sites (N-methyl/N-ethyl adjacent to an activating group) is 1. The highest BCUT2D eigenvalue weighted by Crippen LogP contribution is 2.13. The van der Waals surface area contributed by atoms with E-state index in [-0.39, 0.29) is 5.91 Å². The lowest BCUT2D eigenvalue weighted by Crippen LogP contribution is -2.32. The van der Waals surface area contributed by atoms with E-state index in [4.69, 9.17) is 5.73 Å². The molecule has 0 spiro atoms. The molecular formula is C14H16N4O. The number of amides is 1. The Labute approximate surface area is 112 Å².